The first kappa shape index (κ1) is 17.4. The van der Waals surface area contributed by atoms with Crippen LogP contribution in [0.3, 0.4) is 0 Å². The Bertz CT molecular complexity index is 551. The molecule has 1 rings (SSSR count). The van der Waals surface area contributed by atoms with Crippen molar-refractivity contribution in [2.45, 2.75) is 20.3 Å². The smallest absolute Gasteiger partial charge is 0.308 e. The van der Waals surface area contributed by atoms with E-state index in [0.717, 1.165) is 6.07 Å². The number of halogens is 2. The number of carboxylic acid groups (broad SMARTS) is 1. The minimum atomic E-state index is -0.972. The van der Waals surface area contributed by atoms with E-state index in [-0.39, 0.29) is 22.6 Å². The minimum absolute atomic E-state index is 0.0342. The van der Waals surface area contributed by atoms with E-state index in [1.807, 2.05) is 13.8 Å². The van der Waals surface area contributed by atoms with Crippen LogP contribution >= 0.6 is 15.9 Å². The van der Waals surface area contributed by atoms with E-state index in [1.165, 1.54) is 6.07 Å². The maximum absolute atomic E-state index is 13.3. The number of nitro groups is 1. The molecule has 0 aliphatic carbocycles. The van der Waals surface area contributed by atoms with Crippen LogP contribution in [0.2, 0.25) is 0 Å². The number of hydrogen-bond donors (Lipinski definition) is 2. The summed E-state index contributed by atoms with van der Waals surface area (Å²) in [5.74, 6) is -2.21. The zero-order valence-electron chi connectivity index (χ0n) is 11.6. The Morgan fingerprint density at radius 2 is 2.14 bits per heavy atom. The summed E-state index contributed by atoms with van der Waals surface area (Å²) < 4.78 is 13.4. The molecular formula is C13H16BrFN2O4. The molecule has 1 atom stereocenters. The van der Waals surface area contributed by atoms with Gasteiger partial charge in [0.05, 0.1) is 21.4 Å². The summed E-state index contributed by atoms with van der Waals surface area (Å²) in [5, 5.41) is 22.8. The predicted octanol–water partition coefficient (Wildman–Crippen LogP) is 3.66. The maximum Gasteiger partial charge on any atom is 0.308 e. The van der Waals surface area contributed by atoms with Gasteiger partial charge in [0.15, 0.2) is 0 Å². The molecule has 116 valence electrons. The third kappa shape index (κ3) is 4.96. The second-order valence-electron chi connectivity index (χ2n) is 5.09. The van der Waals surface area contributed by atoms with Crippen molar-refractivity contribution < 1.29 is 19.2 Å². The minimum Gasteiger partial charge on any atom is -0.481 e. The lowest BCUT2D eigenvalue weighted by molar-refractivity contribution is -0.384. The molecule has 1 aromatic rings. The van der Waals surface area contributed by atoms with E-state index in [2.05, 4.69) is 21.2 Å². The molecule has 0 radical (unpaired) electrons. The largest absolute Gasteiger partial charge is 0.481 e. The summed E-state index contributed by atoms with van der Waals surface area (Å²) in [6.45, 7) is 3.83. The molecule has 21 heavy (non-hydrogen) atoms. The summed E-state index contributed by atoms with van der Waals surface area (Å²) in [5.41, 5.74) is -0.340. The molecule has 1 aromatic carbocycles. The maximum atomic E-state index is 13.3. The van der Waals surface area contributed by atoms with Crippen molar-refractivity contribution in [1.29, 1.82) is 0 Å². The number of nitrogens with zero attached hydrogens (tertiary/aromatic N) is 1. The van der Waals surface area contributed by atoms with Crippen LogP contribution in [0.5, 0.6) is 0 Å². The topological polar surface area (TPSA) is 92.5 Å². The standard InChI is InChI=1S/C13H16BrFN2O4/c1-7(2)3-8(13(18)19)6-16-11-4-9(14)10(15)5-12(11)17(20)21/h4-5,7-8,16H,3,6H2,1-2H3,(H,18,19). The molecule has 0 heterocycles. The molecule has 2 N–H and O–H groups in total. The fourth-order valence-electron chi connectivity index (χ4n) is 1.90. The summed E-state index contributed by atoms with van der Waals surface area (Å²) in [7, 11) is 0. The van der Waals surface area contributed by atoms with Crippen LogP contribution in [0.15, 0.2) is 16.6 Å². The molecule has 0 fully saturated rings. The van der Waals surface area contributed by atoms with Gasteiger partial charge < -0.3 is 10.4 Å². The number of hydrogen-bond acceptors (Lipinski definition) is 4. The first-order valence-electron chi connectivity index (χ1n) is 6.32. The SMILES string of the molecule is CC(C)CC(CNc1cc(Br)c(F)cc1[N+](=O)[O-])C(=O)O. The van der Waals surface area contributed by atoms with Gasteiger partial charge in [-0.2, -0.15) is 0 Å². The van der Waals surface area contributed by atoms with Crippen molar-refractivity contribution in [2.75, 3.05) is 11.9 Å². The normalized spacial score (nSPS) is 12.2. The quantitative estimate of drug-likeness (QED) is 0.570. The number of nitro benzene ring substituents is 1. The number of carbonyl (C=O) groups is 1. The van der Waals surface area contributed by atoms with Crippen LogP contribution in [-0.4, -0.2) is 22.5 Å². The fraction of sp³-hybridized carbons (Fsp3) is 0.462. The Morgan fingerprint density at radius 1 is 1.52 bits per heavy atom. The second kappa shape index (κ2) is 7.35. The third-order valence-electron chi connectivity index (χ3n) is 2.88. The molecule has 0 aliphatic heterocycles. The van der Waals surface area contributed by atoms with Gasteiger partial charge in [-0.25, -0.2) is 4.39 Å². The average molecular weight is 363 g/mol. The number of anilines is 1. The van der Waals surface area contributed by atoms with Crippen LogP contribution in [0.25, 0.3) is 0 Å². The van der Waals surface area contributed by atoms with Gasteiger partial charge in [-0.15, -0.1) is 0 Å². The van der Waals surface area contributed by atoms with Gasteiger partial charge in [-0.05, 0) is 34.3 Å². The Hall–Kier alpha value is -1.70. The van der Waals surface area contributed by atoms with Crippen LogP contribution in [0.4, 0.5) is 15.8 Å². The Kier molecular flexibility index (Phi) is 6.07. The lowest BCUT2D eigenvalue weighted by Crippen LogP contribution is -2.24. The average Bonchev–Trinajstić information content (AvgIpc) is 2.36. The zero-order chi connectivity index (χ0) is 16.2. The van der Waals surface area contributed by atoms with Crippen molar-refractivity contribution >= 4 is 33.3 Å². The molecule has 0 saturated heterocycles. The zero-order valence-corrected chi connectivity index (χ0v) is 13.2. The summed E-state index contributed by atoms with van der Waals surface area (Å²) >= 11 is 2.95. The van der Waals surface area contributed by atoms with Crippen LogP contribution < -0.4 is 5.32 Å². The second-order valence-corrected chi connectivity index (χ2v) is 5.94. The van der Waals surface area contributed by atoms with Gasteiger partial charge in [0, 0.05) is 6.54 Å². The van der Waals surface area contributed by atoms with Crippen molar-refractivity contribution in [3.8, 4) is 0 Å². The van der Waals surface area contributed by atoms with Crippen LogP contribution in [0, 0.1) is 27.8 Å². The molecule has 6 nitrogen and oxygen atoms in total. The van der Waals surface area contributed by atoms with Gasteiger partial charge in [0.1, 0.15) is 11.5 Å². The van der Waals surface area contributed by atoms with Gasteiger partial charge in [-0.1, -0.05) is 13.8 Å². The summed E-state index contributed by atoms with van der Waals surface area (Å²) in [6, 6.07) is 2.03. The van der Waals surface area contributed by atoms with E-state index in [4.69, 9.17) is 5.11 Å². The van der Waals surface area contributed by atoms with Crippen molar-refractivity contribution in [2.24, 2.45) is 11.8 Å². The number of rotatable bonds is 7. The highest BCUT2D eigenvalue weighted by Gasteiger charge is 2.22. The van der Waals surface area contributed by atoms with Crippen molar-refractivity contribution in [1.82, 2.24) is 0 Å². The molecule has 0 spiro atoms. The van der Waals surface area contributed by atoms with Crippen molar-refractivity contribution in [3.05, 3.63) is 32.5 Å². The monoisotopic (exact) mass is 362 g/mol. The molecule has 0 aliphatic rings. The van der Waals surface area contributed by atoms with Gasteiger partial charge in [0.2, 0.25) is 0 Å². The van der Waals surface area contributed by atoms with Gasteiger partial charge in [-0.3, -0.25) is 14.9 Å². The number of aliphatic carboxylic acids is 1. The third-order valence-corrected chi connectivity index (χ3v) is 3.49. The lowest BCUT2D eigenvalue weighted by atomic mass is 9.97. The highest BCUT2D eigenvalue weighted by molar-refractivity contribution is 9.10. The summed E-state index contributed by atoms with van der Waals surface area (Å²) in [4.78, 5) is 21.3. The Balaban J connectivity index is 2.93. The molecular weight excluding hydrogens is 347 g/mol. The van der Waals surface area contributed by atoms with E-state index in [1.54, 1.807) is 0 Å². The van der Waals surface area contributed by atoms with Crippen LogP contribution in [0.1, 0.15) is 20.3 Å². The fourth-order valence-corrected chi connectivity index (χ4v) is 2.25. The molecule has 0 saturated carbocycles. The van der Waals surface area contributed by atoms with Crippen LogP contribution in [-0.2, 0) is 4.79 Å². The highest BCUT2D eigenvalue weighted by atomic mass is 79.9. The summed E-state index contributed by atoms with van der Waals surface area (Å²) in [6.07, 6.45) is 0.443. The Morgan fingerprint density at radius 3 is 2.62 bits per heavy atom. The van der Waals surface area contributed by atoms with Gasteiger partial charge >= 0.3 is 5.97 Å². The predicted molar refractivity (Wildman–Crippen MR) is 79.8 cm³/mol. The van der Waals surface area contributed by atoms with E-state index >= 15 is 0 Å². The van der Waals surface area contributed by atoms with E-state index in [0.29, 0.717) is 6.42 Å². The van der Waals surface area contributed by atoms with Gasteiger partial charge in [0.25, 0.3) is 5.69 Å². The first-order valence-corrected chi connectivity index (χ1v) is 7.11. The lowest BCUT2D eigenvalue weighted by Gasteiger charge is -2.16. The molecule has 8 heteroatoms. The number of benzene rings is 1. The van der Waals surface area contributed by atoms with Crippen molar-refractivity contribution in [3.63, 3.8) is 0 Å². The number of carboxylic acids is 1. The molecule has 0 aromatic heterocycles. The van der Waals surface area contributed by atoms with E-state index < -0.39 is 28.3 Å². The number of nitrogens with one attached hydrogen (secondary N) is 1. The molecule has 0 bridgehead atoms. The molecule has 1 unspecified atom stereocenters. The molecule has 0 amide bonds. The van der Waals surface area contributed by atoms with E-state index in [9.17, 15) is 19.3 Å². The highest BCUT2D eigenvalue weighted by Crippen LogP contribution is 2.30. The Labute approximate surface area is 129 Å². The first-order chi connectivity index (χ1) is 9.72.